The number of amides is 1. The molecule has 1 aromatic heterocycles. The Morgan fingerprint density at radius 3 is 2.30 bits per heavy atom. The van der Waals surface area contributed by atoms with Crippen LogP contribution in [0, 0.1) is 6.92 Å². The summed E-state index contributed by atoms with van der Waals surface area (Å²) < 4.78 is 1.93. The van der Waals surface area contributed by atoms with Crippen molar-refractivity contribution in [1.29, 1.82) is 0 Å². The van der Waals surface area contributed by atoms with E-state index < -0.39 is 0 Å². The first kappa shape index (κ1) is 19.9. The number of carbonyl (C=O) groups is 1. The number of nitrogens with zero attached hydrogens (tertiary/aromatic N) is 3. The van der Waals surface area contributed by atoms with Crippen molar-refractivity contribution in [3.8, 4) is 22.5 Å². The number of rotatable bonds is 6. The Balaban J connectivity index is 1.37. The predicted molar refractivity (Wildman–Crippen MR) is 122 cm³/mol. The van der Waals surface area contributed by atoms with E-state index in [1.54, 1.807) is 0 Å². The quantitative estimate of drug-likeness (QED) is 0.441. The summed E-state index contributed by atoms with van der Waals surface area (Å²) in [6.45, 7) is 2.05. The molecule has 4 rings (SSSR count). The maximum atomic E-state index is 12.4. The van der Waals surface area contributed by atoms with Crippen LogP contribution in [-0.4, -0.2) is 26.4 Å². The molecule has 0 aliphatic heterocycles. The lowest BCUT2D eigenvalue weighted by Crippen LogP contribution is -2.14. The predicted octanol–water partition coefficient (Wildman–Crippen LogP) is 5.19. The fraction of sp³-hybridized carbons (Fsp3) is 0.125. The summed E-state index contributed by atoms with van der Waals surface area (Å²) >= 11 is 1.37. The average molecular weight is 415 g/mol. The SMILES string of the molecule is Cc1ccccc1-c1nnc(SCC(=O)Nc2ccc(-c3ccccc3)cc2)n1C. The molecule has 3 aromatic carbocycles. The third-order valence-electron chi connectivity index (χ3n) is 4.83. The van der Waals surface area contributed by atoms with E-state index in [0.29, 0.717) is 5.16 Å². The zero-order valence-corrected chi connectivity index (χ0v) is 17.7. The number of nitrogens with one attached hydrogen (secondary N) is 1. The van der Waals surface area contributed by atoms with Gasteiger partial charge in [0.2, 0.25) is 5.91 Å². The second-order valence-electron chi connectivity index (χ2n) is 6.96. The summed E-state index contributed by atoms with van der Waals surface area (Å²) in [6, 6.07) is 26.1. The normalized spacial score (nSPS) is 10.7. The molecule has 1 amide bonds. The molecule has 4 aromatic rings. The molecule has 6 heteroatoms. The minimum absolute atomic E-state index is 0.0760. The number of benzene rings is 3. The van der Waals surface area contributed by atoms with Gasteiger partial charge in [-0.25, -0.2) is 0 Å². The maximum Gasteiger partial charge on any atom is 0.234 e. The third kappa shape index (κ3) is 4.44. The highest BCUT2D eigenvalue weighted by Gasteiger charge is 2.14. The molecule has 0 aliphatic carbocycles. The van der Waals surface area contributed by atoms with Gasteiger partial charge in [0.05, 0.1) is 5.75 Å². The van der Waals surface area contributed by atoms with Gasteiger partial charge in [-0.15, -0.1) is 10.2 Å². The first-order valence-corrected chi connectivity index (χ1v) is 10.6. The van der Waals surface area contributed by atoms with Gasteiger partial charge in [0.1, 0.15) is 0 Å². The zero-order valence-electron chi connectivity index (χ0n) is 16.9. The number of hydrogen-bond donors (Lipinski definition) is 1. The molecule has 0 atom stereocenters. The summed E-state index contributed by atoms with van der Waals surface area (Å²) in [5, 5.41) is 12.2. The summed E-state index contributed by atoms with van der Waals surface area (Å²) in [7, 11) is 1.92. The van der Waals surface area contributed by atoms with E-state index in [-0.39, 0.29) is 11.7 Å². The van der Waals surface area contributed by atoms with Crippen LogP contribution in [0.3, 0.4) is 0 Å². The van der Waals surface area contributed by atoms with Crippen molar-refractivity contribution in [2.75, 3.05) is 11.1 Å². The molecular weight excluding hydrogens is 392 g/mol. The largest absolute Gasteiger partial charge is 0.325 e. The monoisotopic (exact) mass is 414 g/mol. The summed E-state index contributed by atoms with van der Waals surface area (Å²) in [5.41, 5.74) is 5.23. The number of hydrogen-bond acceptors (Lipinski definition) is 4. The zero-order chi connectivity index (χ0) is 20.9. The molecule has 5 nitrogen and oxygen atoms in total. The third-order valence-corrected chi connectivity index (χ3v) is 5.85. The lowest BCUT2D eigenvalue weighted by Gasteiger charge is -2.08. The lowest BCUT2D eigenvalue weighted by atomic mass is 10.1. The van der Waals surface area contributed by atoms with Crippen LogP contribution in [0.2, 0.25) is 0 Å². The molecule has 1 N–H and O–H groups in total. The maximum absolute atomic E-state index is 12.4. The second kappa shape index (κ2) is 8.97. The van der Waals surface area contributed by atoms with Gasteiger partial charge < -0.3 is 9.88 Å². The van der Waals surface area contributed by atoms with E-state index in [4.69, 9.17) is 0 Å². The Morgan fingerprint density at radius 2 is 1.57 bits per heavy atom. The van der Waals surface area contributed by atoms with Crippen molar-refractivity contribution in [2.45, 2.75) is 12.1 Å². The Morgan fingerprint density at radius 1 is 0.900 bits per heavy atom. The van der Waals surface area contributed by atoms with Crippen LogP contribution in [0.15, 0.2) is 84.0 Å². The lowest BCUT2D eigenvalue weighted by molar-refractivity contribution is -0.113. The van der Waals surface area contributed by atoms with Crippen molar-refractivity contribution in [1.82, 2.24) is 14.8 Å². The van der Waals surface area contributed by atoms with Gasteiger partial charge in [0.25, 0.3) is 0 Å². The number of anilines is 1. The highest BCUT2D eigenvalue weighted by Crippen LogP contribution is 2.25. The van der Waals surface area contributed by atoms with Gasteiger partial charge in [-0.05, 0) is 35.7 Å². The Hall–Kier alpha value is -3.38. The molecule has 1 heterocycles. The highest BCUT2D eigenvalue weighted by molar-refractivity contribution is 7.99. The number of aromatic nitrogens is 3. The molecule has 0 bridgehead atoms. The molecule has 0 spiro atoms. The van der Waals surface area contributed by atoms with Crippen molar-refractivity contribution in [3.05, 3.63) is 84.4 Å². The topological polar surface area (TPSA) is 59.8 Å². The van der Waals surface area contributed by atoms with E-state index in [0.717, 1.165) is 33.8 Å². The van der Waals surface area contributed by atoms with Gasteiger partial charge in [0, 0.05) is 18.3 Å². The standard InChI is InChI=1S/C24H22N4OS/c1-17-8-6-7-11-21(17)23-26-27-24(28(23)2)30-16-22(29)25-20-14-12-19(13-15-20)18-9-4-3-5-10-18/h3-15H,16H2,1-2H3,(H,25,29). The fourth-order valence-corrected chi connectivity index (χ4v) is 3.91. The van der Waals surface area contributed by atoms with Crippen LogP contribution in [0.1, 0.15) is 5.56 Å². The molecule has 0 radical (unpaired) electrons. The van der Waals surface area contributed by atoms with Crippen molar-refractivity contribution >= 4 is 23.4 Å². The van der Waals surface area contributed by atoms with E-state index in [2.05, 4.69) is 27.6 Å². The van der Waals surface area contributed by atoms with Gasteiger partial charge >= 0.3 is 0 Å². The van der Waals surface area contributed by atoms with Crippen LogP contribution in [0.25, 0.3) is 22.5 Å². The van der Waals surface area contributed by atoms with Gasteiger partial charge in [0.15, 0.2) is 11.0 Å². The Kier molecular flexibility index (Phi) is 5.95. The van der Waals surface area contributed by atoms with Crippen LogP contribution < -0.4 is 5.32 Å². The van der Waals surface area contributed by atoms with E-state index in [9.17, 15) is 4.79 Å². The molecular formula is C24H22N4OS. The van der Waals surface area contributed by atoms with Crippen LogP contribution >= 0.6 is 11.8 Å². The Labute approximate surface area is 180 Å². The fourth-order valence-electron chi connectivity index (χ4n) is 3.20. The molecule has 30 heavy (non-hydrogen) atoms. The van der Waals surface area contributed by atoms with Gasteiger partial charge in [-0.1, -0.05) is 78.5 Å². The summed E-state index contributed by atoms with van der Waals surface area (Å²) in [4.78, 5) is 12.4. The second-order valence-corrected chi connectivity index (χ2v) is 7.90. The van der Waals surface area contributed by atoms with E-state index in [1.165, 1.54) is 11.8 Å². The minimum Gasteiger partial charge on any atom is -0.325 e. The summed E-state index contributed by atoms with van der Waals surface area (Å²) in [6.07, 6.45) is 0. The van der Waals surface area contributed by atoms with Crippen molar-refractivity contribution < 1.29 is 4.79 Å². The first-order chi connectivity index (χ1) is 14.6. The van der Waals surface area contributed by atoms with Crippen LogP contribution in [-0.2, 0) is 11.8 Å². The Bertz CT molecular complexity index is 1150. The smallest absolute Gasteiger partial charge is 0.234 e. The number of aryl methyl sites for hydroxylation is 1. The van der Waals surface area contributed by atoms with Gasteiger partial charge in [-0.2, -0.15) is 0 Å². The minimum atomic E-state index is -0.0760. The van der Waals surface area contributed by atoms with Crippen molar-refractivity contribution in [3.63, 3.8) is 0 Å². The van der Waals surface area contributed by atoms with E-state index in [1.807, 2.05) is 85.3 Å². The van der Waals surface area contributed by atoms with E-state index >= 15 is 0 Å². The molecule has 0 unspecified atom stereocenters. The molecule has 150 valence electrons. The highest BCUT2D eigenvalue weighted by atomic mass is 32.2. The van der Waals surface area contributed by atoms with Crippen LogP contribution in [0.4, 0.5) is 5.69 Å². The number of carbonyl (C=O) groups excluding carboxylic acids is 1. The molecule has 0 aliphatic rings. The molecule has 0 saturated carbocycles. The van der Waals surface area contributed by atoms with Crippen molar-refractivity contribution in [2.24, 2.45) is 7.05 Å². The number of thioether (sulfide) groups is 1. The molecule has 0 saturated heterocycles. The van der Waals surface area contributed by atoms with Crippen LogP contribution in [0.5, 0.6) is 0 Å². The molecule has 0 fully saturated rings. The van der Waals surface area contributed by atoms with Gasteiger partial charge in [-0.3, -0.25) is 4.79 Å². The summed E-state index contributed by atoms with van der Waals surface area (Å²) in [5.74, 6) is 0.987. The first-order valence-electron chi connectivity index (χ1n) is 9.65. The average Bonchev–Trinajstić information content (AvgIpc) is 3.14.